The molecule has 2 rings (SSSR count). The van der Waals surface area contributed by atoms with Crippen molar-refractivity contribution >= 4 is 0 Å². The van der Waals surface area contributed by atoms with Gasteiger partial charge in [-0.25, -0.2) is 8.78 Å². The van der Waals surface area contributed by atoms with Crippen LogP contribution in [0.15, 0.2) is 28.8 Å². The van der Waals surface area contributed by atoms with E-state index in [0.29, 0.717) is 11.5 Å². The molecular formula is C13H14F2N2O. The topological polar surface area (TPSA) is 52.0 Å². The SMILES string of the molecule is CCCC(N)c1cc(-c2ccc(F)cc2F)no1. The van der Waals surface area contributed by atoms with E-state index in [1.54, 1.807) is 6.07 Å². The first-order valence-electron chi connectivity index (χ1n) is 5.79. The zero-order chi connectivity index (χ0) is 13.1. The number of nitrogens with zero attached hydrogens (tertiary/aromatic N) is 1. The molecule has 1 unspecified atom stereocenters. The third-order valence-corrected chi connectivity index (χ3v) is 2.70. The molecule has 2 aromatic rings. The lowest BCUT2D eigenvalue weighted by atomic mass is 10.1. The maximum absolute atomic E-state index is 13.5. The first-order chi connectivity index (χ1) is 8.61. The summed E-state index contributed by atoms with van der Waals surface area (Å²) in [6.07, 6.45) is 1.68. The molecule has 1 aromatic heterocycles. The van der Waals surface area contributed by atoms with Crippen molar-refractivity contribution in [2.75, 3.05) is 0 Å². The molecule has 96 valence electrons. The fraction of sp³-hybridized carbons (Fsp3) is 0.308. The van der Waals surface area contributed by atoms with E-state index in [1.165, 1.54) is 12.1 Å². The largest absolute Gasteiger partial charge is 0.359 e. The van der Waals surface area contributed by atoms with Crippen molar-refractivity contribution in [1.29, 1.82) is 0 Å². The lowest BCUT2D eigenvalue weighted by molar-refractivity contribution is 0.356. The summed E-state index contributed by atoms with van der Waals surface area (Å²) in [7, 11) is 0. The van der Waals surface area contributed by atoms with E-state index in [0.717, 1.165) is 18.9 Å². The molecule has 1 heterocycles. The highest BCUT2D eigenvalue weighted by molar-refractivity contribution is 5.59. The van der Waals surface area contributed by atoms with Crippen molar-refractivity contribution in [1.82, 2.24) is 5.16 Å². The summed E-state index contributed by atoms with van der Waals surface area (Å²) >= 11 is 0. The molecule has 0 bridgehead atoms. The van der Waals surface area contributed by atoms with Crippen LogP contribution in [-0.2, 0) is 0 Å². The molecule has 0 saturated carbocycles. The normalized spacial score (nSPS) is 12.7. The van der Waals surface area contributed by atoms with E-state index in [-0.39, 0.29) is 11.6 Å². The van der Waals surface area contributed by atoms with Crippen LogP contribution in [0.25, 0.3) is 11.3 Å². The minimum absolute atomic E-state index is 0.204. The highest BCUT2D eigenvalue weighted by atomic mass is 19.1. The molecule has 18 heavy (non-hydrogen) atoms. The third kappa shape index (κ3) is 2.56. The van der Waals surface area contributed by atoms with Crippen LogP contribution < -0.4 is 5.73 Å². The van der Waals surface area contributed by atoms with Gasteiger partial charge in [0.2, 0.25) is 0 Å². The maximum Gasteiger partial charge on any atom is 0.154 e. The standard InChI is InChI=1S/C13H14F2N2O/c1-2-3-11(16)13-7-12(17-18-13)9-5-4-8(14)6-10(9)15/h4-7,11H,2-3,16H2,1H3. The lowest BCUT2D eigenvalue weighted by Gasteiger charge is -2.03. The molecule has 2 N–H and O–H groups in total. The Morgan fingerprint density at radius 2 is 2.11 bits per heavy atom. The van der Waals surface area contributed by atoms with Gasteiger partial charge in [0, 0.05) is 17.7 Å². The fourth-order valence-corrected chi connectivity index (χ4v) is 1.74. The Kier molecular flexibility index (Phi) is 3.72. The number of hydrogen-bond acceptors (Lipinski definition) is 3. The van der Waals surface area contributed by atoms with Gasteiger partial charge in [-0.3, -0.25) is 0 Å². The van der Waals surface area contributed by atoms with Crippen molar-refractivity contribution in [2.24, 2.45) is 5.73 Å². The average Bonchev–Trinajstić information content (AvgIpc) is 2.78. The Hall–Kier alpha value is -1.75. The Bertz CT molecular complexity index is 540. The number of hydrogen-bond donors (Lipinski definition) is 1. The Morgan fingerprint density at radius 3 is 2.78 bits per heavy atom. The molecule has 5 heteroatoms. The van der Waals surface area contributed by atoms with Crippen LogP contribution in [0.5, 0.6) is 0 Å². The number of nitrogens with two attached hydrogens (primary N) is 1. The quantitative estimate of drug-likeness (QED) is 0.907. The average molecular weight is 252 g/mol. The van der Waals surface area contributed by atoms with E-state index in [4.69, 9.17) is 10.3 Å². The summed E-state index contributed by atoms with van der Waals surface area (Å²) in [4.78, 5) is 0. The minimum atomic E-state index is -0.668. The second-order valence-electron chi connectivity index (χ2n) is 4.13. The molecule has 0 aliphatic carbocycles. The molecule has 0 amide bonds. The van der Waals surface area contributed by atoms with Gasteiger partial charge in [0.05, 0.1) is 6.04 Å². The molecule has 1 atom stereocenters. The van der Waals surface area contributed by atoms with Gasteiger partial charge in [-0.15, -0.1) is 0 Å². The Balaban J connectivity index is 2.29. The van der Waals surface area contributed by atoms with E-state index in [1.807, 2.05) is 6.92 Å². The predicted octanol–water partition coefficient (Wildman–Crippen LogP) is 3.42. The molecule has 0 fully saturated rings. The van der Waals surface area contributed by atoms with Gasteiger partial charge >= 0.3 is 0 Å². The van der Waals surface area contributed by atoms with Crippen LogP contribution in [0, 0.1) is 11.6 Å². The molecule has 0 spiro atoms. The summed E-state index contributed by atoms with van der Waals surface area (Å²) in [6.45, 7) is 2.01. The summed E-state index contributed by atoms with van der Waals surface area (Å²) in [5, 5.41) is 3.76. The van der Waals surface area contributed by atoms with Crippen LogP contribution in [0.2, 0.25) is 0 Å². The van der Waals surface area contributed by atoms with E-state index < -0.39 is 11.6 Å². The second kappa shape index (κ2) is 5.27. The number of rotatable bonds is 4. The van der Waals surface area contributed by atoms with E-state index >= 15 is 0 Å². The molecular weight excluding hydrogens is 238 g/mol. The molecule has 0 radical (unpaired) electrons. The highest BCUT2D eigenvalue weighted by Crippen LogP contribution is 2.26. The molecule has 3 nitrogen and oxygen atoms in total. The van der Waals surface area contributed by atoms with E-state index in [9.17, 15) is 8.78 Å². The van der Waals surface area contributed by atoms with Crippen molar-refractivity contribution in [3.63, 3.8) is 0 Å². The first-order valence-corrected chi connectivity index (χ1v) is 5.79. The molecule has 0 saturated heterocycles. The summed E-state index contributed by atoms with van der Waals surface area (Å²) < 4.78 is 31.4. The highest BCUT2D eigenvalue weighted by Gasteiger charge is 2.15. The van der Waals surface area contributed by atoms with Crippen molar-refractivity contribution in [3.05, 3.63) is 41.7 Å². The second-order valence-corrected chi connectivity index (χ2v) is 4.13. The van der Waals surface area contributed by atoms with Gasteiger partial charge in [0.15, 0.2) is 5.76 Å². The smallest absolute Gasteiger partial charge is 0.154 e. The number of benzene rings is 1. The van der Waals surface area contributed by atoms with Gasteiger partial charge in [0.1, 0.15) is 17.3 Å². The molecule has 1 aromatic carbocycles. The van der Waals surface area contributed by atoms with Crippen LogP contribution >= 0.6 is 0 Å². The van der Waals surface area contributed by atoms with Crippen LogP contribution in [0.3, 0.4) is 0 Å². The lowest BCUT2D eigenvalue weighted by Crippen LogP contribution is -2.08. The van der Waals surface area contributed by atoms with Crippen LogP contribution in [-0.4, -0.2) is 5.16 Å². The third-order valence-electron chi connectivity index (χ3n) is 2.70. The predicted molar refractivity (Wildman–Crippen MR) is 63.7 cm³/mol. The first kappa shape index (κ1) is 12.7. The number of aromatic nitrogens is 1. The van der Waals surface area contributed by atoms with Crippen LogP contribution in [0.4, 0.5) is 8.78 Å². The Morgan fingerprint density at radius 1 is 1.33 bits per heavy atom. The van der Waals surface area contributed by atoms with Gasteiger partial charge in [-0.2, -0.15) is 0 Å². The van der Waals surface area contributed by atoms with Crippen molar-refractivity contribution in [3.8, 4) is 11.3 Å². The van der Waals surface area contributed by atoms with Gasteiger partial charge in [-0.1, -0.05) is 18.5 Å². The number of halogens is 2. The van der Waals surface area contributed by atoms with Gasteiger partial charge in [-0.05, 0) is 18.6 Å². The van der Waals surface area contributed by atoms with Crippen molar-refractivity contribution < 1.29 is 13.3 Å². The van der Waals surface area contributed by atoms with Gasteiger partial charge in [0.25, 0.3) is 0 Å². The zero-order valence-electron chi connectivity index (χ0n) is 9.99. The maximum atomic E-state index is 13.5. The fourth-order valence-electron chi connectivity index (χ4n) is 1.74. The zero-order valence-corrected chi connectivity index (χ0v) is 9.99. The van der Waals surface area contributed by atoms with Crippen molar-refractivity contribution in [2.45, 2.75) is 25.8 Å². The summed E-state index contributed by atoms with van der Waals surface area (Å²) in [5.41, 5.74) is 6.40. The summed E-state index contributed by atoms with van der Waals surface area (Å²) in [6, 6.07) is 4.67. The molecule has 0 aliphatic rings. The Labute approximate surface area is 104 Å². The van der Waals surface area contributed by atoms with Gasteiger partial charge < -0.3 is 10.3 Å². The monoisotopic (exact) mass is 252 g/mol. The van der Waals surface area contributed by atoms with Crippen LogP contribution in [0.1, 0.15) is 31.6 Å². The summed E-state index contributed by atoms with van der Waals surface area (Å²) in [5.74, 6) is -0.780. The minimum Gasteiger partial charge on any atom is -0.359 e. The van der Waals surface area contributed by atoms with E-state index in [2.05, 4.69) is 5.16 Å². The molecule has 0 aliphatic heterocycles.